The normalized spacial score (nSPS) is 14.6. The molecular formula is C15H21N3O3. The summed E-state index contributed by atoms with van der Waals surface area (Å²) in [6.45, 7) is 2.36. The van der Waals surface area contributed by atoms with Gasteiger partial charge in [0.1, 0.15) is 0 Å². The lowest BCUT2D eigenvalue weighted by molar-refractivity contribution is -0.120. The fourth-order valence-electron chi connectivity index (χ4n) is 2.19. The van der Waals surface area contributed by atoms with Gasteiger partial charge in [-0.2, -0.15) is 0 Å². The van der Waals surface area contributed by atoms with Crippen molar-refractivity contribution in [1.82, 2.24) is 10.2 Å². The summed E-state index contributed by atoms with van der Waals surface area (Å²) in [5.74, 6) is -0.00990. The molecule has 2 N–H and O–H groups in total. The third-order valence-electron chi connectivity index (χ3n) is 3.46. The average Bonchev–Trinajstić information content (AvgIpc) is 2.54. The third kappa shape index (κ3) is 4.46. The number of hydrogen-bond acceptors (Lipinski definition) is 3. The Morgan fingerprint density at radius 3 is 2.67 bits per heavy atom. The Balaban J connectivity index is 1.98. The molecule has 0 radical (unpaired) electrons. The quantitative estimate of drug-likeness (QED) is 0.876. The zero-order valence-corrected chi connectivity index (χ0v) is 12.2. The highest BCUT2D eigenvalue weighted by molar-refractivity contribution is 5.90. The SMILES string of the molecule is CNC(=O)CCc1ccccc1NC(=O)N1CCOCC1. The van der Waals surface area contributed by atoms with Gasteiger partial charge in [0.25, 0.3) is 0 Å². The average molecular weight is 291 g/mol. The van der Waals surface area contributed by atoms with Gasteiger partial charge in [-0.25, -0.2) is 4.79 Å². The van der Waals surface area contributed by atoms with Crippen molar-refractivity contribution >= 4 is 17.6 Å². The summed E-state index contributed by atoms with van der Waals surface area (Å²) in [5.41, 5.74) is 1.72. The van der Waals surface area contributed by atoms with Gasteiger partial charge in [0, 0.05) is 32.2 Å². The first-order chi connectivity index (χ1) is 10.2. The molecule has 0 aromatic heterocycles. The van der Waals surface area contributed by atoms with E-state index in [4.69, 9.17) is 4.74 Å². The number of carbonyl (C=O) groups excluding carboxylic acids is 2. The van der Waals surface area contributed by atoms with Crippen molar-refractivity contribution in [2.75, 3.05) is 38.7 Å². The molecule has 1 fully saturated rings. The molecular weight excluding hydrogens is 270 g/mol. The number of urea groups is 1. The number of benzene rings is 1. The summed E-state index contributed by atoms with van der Waals surface area (Å²) in [6.07, 6.45) is 1.00. The molecule has 1 saturated heterocycles. The van der Waals surface area contributed by atoms with Crippen LogP contribution in [0, 0.1) is 0 Å². The lowest BCUT2D eigenvalue weighted by Gasteiger charge is -2.27. The minimum atomic E-state index is -0.120. The number of hydrogen-bond donors (Lipinski definition) is 2. The van der Waals surface area contributed by atoms with E-state index in [-0.39, 0.29) is 11.9 Å². The minimum Gasteiger partial charge on any atom is -0.378 e. The number of nitrogens with zero attached hydrogens (tertiary/aromatic N) is 1. The van der Waals surface area contributed by atoms with Gasteiger partial charge in [-0.3, -0.25) is 4.79 Å². The first kappa shape index (κ1) is 15.3. The van der Waals surface area contributed by atoms with Gasteiger partial charge in [0.05, 0.1) is 13.2 Å². The molecule has 0 saturated carbocycles. The van der Waals surface area contributed by atoms with Gasteiger partial charge in [-0.1, -0.05) is 18.2 Å². The molecule has 0 atom stereocenters. The van der Waals surface area contributed by atoms with Crippen LogP contribution in [-0.2, 0) is 16.0 Å². The molecule has 6 nitrogen and oxygen atoms in total. The van der Waals surface area contributed by atoms with Crippen molar-refractivity contribution in [2.24, 2.45) is 0 Å². The third-order valence-corrected chi connectivity index (χ3v) is 3.46. The second-order valence-corrected chi connectivity index (χ2v) is 4.86. The zero-order chi connectivity index (χ0) is 15.1. The Labute approximate surface area is 124 Å². The number of aryl methyl sites for hydroxylation is 1. The number of rotatable bonds is 4. The van der Waals surface area contributed by atoms with Crippen molar-refractivity contribution in [2.45, 2.75) is 12.8 Å². The van der Waals surface area contributed by atoms with Crippen LogP contribution in [0.15, 0.2) is 24.3 Å². The van der Waals surface area contributed by atoms with Crippen LogP contribution in [0.4, 0.5) is 10.5 Å². The Morgan fingerprint density at radius 1 is 1.24 bits per heavy atom. The van der Waals surface area contributed by atoms with Gasteiger partial charge in [-0.05, 0) is 18.1 Å². The maximum absolute atomic E-state index is 12.2. The zero-order valence-electron chi connectivity index (χ0n) is 12.2. The van der Waals surface area contributed by atoms with E-state index in [2.05, 4.69) is 10.6 Å². The van der Waals surface area contributed by atoms with E-state index < -0.39 is 0 Å². The molecule has 6 heteroatoms. The highest BCUT2D eigenvalue weighted by Gasteiger charge is 2.17. The monoisotopic (exact) mass is 291 g/mol. The number of anilines is 1. The van der Waals surface area contributed by atoms with E-state index in [1.54, 1.807) is 11.9 Å². The van der Waals surface area contributed by atoms with E-state index in [0.717, 1.165) is 11.3 Å². The summed E-state index contributed by atoms with van der Waals surface area (Å²) in [5, 5.41) is 5.52. The first-order valence-electron chi connectivity index (χ1n) is 7.13. The molecule has 0 spiro atoms. The van der Waals surface area contributed by atoms with E-state index in [9.17, 15) is 9.59 Å². The topological polar surface area (TPSA) is 70.7 Å². The van der Waals surface area contributed by atoms with E-state index in [1.165, 1.54) is 0 Å². The number of carbonyl (C=O) groups is 2. The van der Waals surface area contributed by atoms with Crippen molar-refractivity contribution in [3.05, 3.63) is 29.8 Å². The fraction of sp³-hybridized carbons (Fsp3) is 0.467. The number of nitrogens with one attached hydrogen (secondary N) is 2. The van der Waals surface area contributed by atoms with Crippen LogP contribution in [0.3, 0.4) is 0 Å². The largest absolute Gasteiger partial charge is 0.378 e. The second-order valence-electron chi connectivity index (χ2n) is 4.86. The predicted octanol–water partition coefficient (Wildman–Crippen LogP) is 1.23. The smallest absolute Gasteiger partial charge is 0.322 e. The molecule has 0 bridgehead atoms. The number of para-hydroxylation sites is 1. The van der Waals surface area contributed by atoms with Crippen molar-refractivity contribution in [3.63, 3.8) is 0 Å². The number of amides is 3. The molecule has 1 aromatic rings. The van der Waals surface area contributed by atoms with Crippen molar-refractivity contribution < 1.29 is 14.3 Å². The highest BCUT2D eigenvalue weighted by atomic mass is 16.5. The minimum absolute atomic E-state index is 0.00990. The van der Waals surface area contributed by atoms with Gasteiger partial charge >= 0.3 is 6.03 Å². The molecule has 1 aliphatic heterocycles. The summed E-state index contributed by atoms with van der Waals surface area (Å²) in [6, 6.07) is 7.45. The van der Waals surface area contributed by atoms with Gasteiger partial charge in [0.15, 0.2) is 0 Å². The van der Waals surface area contributed by atoms with Crippen LogP contribution >= 0.6 is 0 Å². The lowest BCUT2D eigenvalue weighted by Crippen LogP contribution is -2.43. The van der Waals surface area contributed by atoms with Crippen molar-refractivity contribution in [3.8, 4) is 0 Å². The summed E-state index contributed by atoms with van der Waals surface area (Å²) in [7, 11) is 1.62. The fourth-order valence-corrected chi connectivity index (χ4v) is 2.19. The van der Waals surface area contributed by atoms with Crippen LogP contribution in [0.1, 0.15) is 12.0 Å². The van der Waals surface area contributed by atoms with Gasteiger partial charge < -0.3 is 20.3 Å². The molecule has 0 unspecified atom stereocenters. The Hall–Kier alpha value is -2.08. The van der Waals surface area contributed by atoms with Crippen LogP contribution in [-0.4, -0.2) is 50.2 Å². The summed E-state index contributed by atoms with van der Waals surface area (Å²) in [4.78, 5) is 25.3. The van der Waals surface area contributed by atoms with Crippen LogP contribution in [0.2, 0.25) is 0 Å². The van der Waals surface area contributed by atoms with E-state index >= 15 is 0 Å². The standard InChI is InChI=1S/C15H21N3O3/c1-16-14(19)7-6-12-4-2-3-5-13(12)17-15(20)18-8-10-21-11-9-18/h2-5H,6-11H2,1H3,(H,16,19)(H,17,20). The highest BCUT2D eigenvalue weighted by Crippen LogP contribution is 2.17. The first-order valence-corrected chi connectivity index (χ1v) is 7.13. The van der Waals surface area contributed by atoms with E-state index in [1.807, 2.05) is 24.3 Å². The molecule has 1 aromatic carbocycles. The molecule has 1 heterocycles. The maximum atomic E-state index is 12.2. The maximum Gasteiger partial charge on any atom is 0.322 e. The molecule has 2 rings (SSSR count). The van der Waals surface area contributed by atoms with Gasteiger partial charge in [0.2, 0.25) is 5.91 Å². The predicted molar refractivity (Wildman–Crippen MR) is 80.2 cm³/mol. The molecule has 3 amide bonds. The molecule has 0 aliphatic carbocycles. The molecule has 1 aliphatic rings. The number of morpholine rings is 1. The Bertz CT molecular complexity index is 499. The Morgan fingerprint density at radius 2 is 1.95 bits per heavy atom. The summed E-state index contributed by atoms with van der Waals surface area (Å²) >= 11 is 0. The van der Waals surface area contributed by atoms with Crippen molar-refractivity contribution in [1.29, 1.82) is 0 Å². The number of ether oxygens (including phenoxy) is 1. The molecule has 21 heavy (non-hydrogen) atoms. The lowest BCUT2D eigenvalue weighted by atomic mass is 10.1. The van der Waals surface area contributed by atoms with Crippen LogP contribution in [0.5, 0.6) is 0 Å². The van der Waals surface area contributed by atoms with Gasteiger partial charge in [-0.15, -0.1) is 0 Å². The molecule has 114 valence electrons. The summed E-state index contributed by atoms with van der Waals surface area (Å²) < 4.78 is 5.23. The van der Waals surface area contributed by atoms with Crippen LogP contribution in [0.25, 0.3) is 0 Å². The van der Waals surface area contributed by atoms with Crippen LogP contribution < -0.4 is 10.6 Å². The van der Waals surface area contributed by atoms with E-state index in [0.29, 0.717) is 39.1 Å². The Kier molecular flexibility index (Phi) is 5.57. The second kappa shape index (κ2) is 7.64.